The zero-order valence-electron chi connectivity index (χ0n) is 64.4. The molecule has 0 aliphatic rings. The summed E-state index contributed by atoms with van der Waals surface area (Å²) in [7, 11) is 0. The summed E-state index contributed by atoms with van der Waals surface area (Å²) >= 11 is 0. The normalized spacial score (nSPS) is 9.19. The maximum atomic E-state index is 10.1. The van der Waals surface area contributed by atoms with Crippen LogP contribution in [0.5, 0.6) is 0 Å². The number of carboxylic acid groups (broad SMARTS) is 6. The number of aliphatic carboxylic acids is 6. The van der Waals surface area contributed by atoms with E-state index in [0.717, 1.165) is 0 Å². The molecule has 0 amide bonds. The molecule has 106 heavy (non-hydrogen) atoms. The van der Waals surface area contributed by atoms with Crippen molar-refractivity contribution in [2.45, 2.75) is 138 Å². The van der Waals surface area contributed by atoms with Crippen molar-refractivity contribution in [2.75, 3.05) is 171 Å². The van der Waals surface area contributed by atoms with Gasteiger partial charge in [-0.3, -0.25) is 19.6 Å². The third kappa shape index (κ3) is 212. The molecule has 0 spiro atoms. The molecule has 42 nitrogen and oxygen atoms in total. The summed E-state index contributed by atoms with van der Waals surface area (Å²) < 4.78 is 0. The average Bonchev–Trinajstić information content (AvgIpc) is 3.45. The number of nitrogens with zero attached hydrogens (tertiary/aromatic N) is 16. The molecule has 0 aliphatic carbocycles. The Hall–Kier alpha value is -2.04. The number of aliphatic hydroxyl groups excluding tert-OH is 6. The molecule has 0 fully saturated rings. The summed E-state index contributed by atoms with van der Waals surface area (Å²) in [4.78, 5) is 72.1. The van der Waals surface area contributed by atoms with Gasteiger partial charge >= 0.3 is 145 Å². The third-order valence-electron chi connectivity index (χ3n) is 8.60. The summed E-state index contributed by atoms with van der Waals surface area (Å²) in [6.07, 6.45) is 0. The summed E-state index contributed by atoms with van der Waals surface area (Å²) in [5, 5.41) is 189. The average molecular weight is 2000 g/mol. The minimum atomic E-state index is -1.01. The number of hydrogen-bond acceptors (Lipinski definition) is 30. The van der Waals surface area contributed by atoms with Gasteiger partial charge in [-0.1, -0.05) is 125 Å². The predicted octanol–water partition coefficient (Wildman–Crippen LogP) is -9.85. The fourth-order valence-electron chi connectivity index (χ4n) is 2.94. The van der Waals surface area contributed by atoms with Gasteiger partial charge in [-0.25, -0.2) is 0 Å². The number of rotatable bonds is 24. The minimum absolute atomic E-state index is 0. The first kappa shape index (κ1) is 164. The standard InChI is InChI=1S/4C6H13NO3.6C5H10O2.2C2H6O.2Dy.4Fe.4N3/c4*8-4-1-7(2-5-9)3-6-10;6*1-5(2,3)4(6)7;2*1-2-3;;;;;;;4*1-3-2/h4*8H,1-6H2;6*1-3H3,(H,6,7);2*3H,2H2,1H3;;;;;;;;;;/q4*-2;;;;;;;;;6*+3;4*-1/p-6. The van der Waals surface area contributed by atoms with Crippen LogP contribution in [-0.4, -0.2) is 257 Å². The van der Waals surface area contributed by atoms with E-state index in [0.29, 0.717) is 78.5 Å². The second kappa shape index (κ2) is 121. The number of hydrogen-bond donors (Lipinski definition) is 6. The number of aliphatic hydroxyl groups is 6. The van der Waals surface area contributed by atoms with Crippen LogP contribution in [0.15, 0.2) is 0 Å². The summed E-state index contributed by atoms with van der Waals surface area (Å²) in [6, 6.07) is 0. The molecular formula is C58H118Dy2Fe4N16O26. The van der Waals surface area contributed by atoms with Crippen LogP contribution >= 0.6 is 0 Å². The van der Waals surface area contributed by atoms with E-state index in [1.807, 2.05) is 0 Å². The van der Waals surface area contributed by atoms with Crippen LogP contribution < -0.4 is 71.5 Å². The van der Waals surface area contributed by atoms with Crippen LogP contribution in [0.3, 0.4) is 0 Å². The Kier molecular flexibility index (Phi) is 188. The van der Waals surface area contributed by atoms with Gasteiger partial charge in [0.1, 0.15) is 0 Å². The van der Waals surface area contributed by atoms with E-state index < -0.39 is 68.3 Å². The molecule has 0 aromatic heterocycles. The van der Waals surface area contributed by atoms with E-state index in [2.05, 4.69) is 0 Å². The van der Waals surface area contributed by atoms with Gasteiger partial charge in [0.2, 0.25) is 0 Å². The Bertz CT molecular complexity index is 1580. The van der Waals surface area contributed by atoms with Gasteiger partial charge in [-0.05, 0) is 66.2 Å². The van der Waals surface area contributed by atoms with Gasteiger partial charge in [-0.15, -0.1) is 52.9 Å². The fraction of sp³-hybridized carbons (Fsp3) is 0.897. The summed E-state index contributed by atoms with van der Waals surface area (Å²) in [5.41, 5.74) is 49.8. The van der Waals surface area contributed by atoms with E-state index in [9.17, 15) is 100 Å². The molecule has 0 atom stereocenters. The van der Waals surface area contributed by atoms with E-state index in [4.69, 9.17) is 74.9 Å². The summed E-state index contributed by atoms with van der Waals surface area (Å²) in [5.74, 6) is -6.04. The maximum Gasteiger partial charge on any atom is 3.00 e. The van der Waals surface area contributed by atoms with Crippen LogP contribution in [0.25, 0.3) is 63.9 Å². The molecular weight excluding hydrogens is 1890 g/mol. The van der Waals surface area contributed by atoms with Crippen molar-refractivity contribution in [1.29, 1.82) is 0 Å². The quantitative estimate of drug-likeness (QED) is 0.0226. The predicted molar refractivity (Wildman–Crippen MR) is 346 cm³/mol. The van der Waals surface area contributed by atoms with Crippen molar-refractivity contribution in [1.82, 2.24) is 19.6 Å². The van der Waals surface area contributed by atoms with Crippen molar-refractivity contribution in [3.8, 4) is 0 Å². The zero-order valence-corrected chi connectivity index (χ0v) is 72.9. The molecule has 6 N–H and O–H groups in total. The minimum Gasteiger partial charge on any atom is -0.854 e. The summed E-state index contributed by atoms with van der Waals surface area (Å²) in [6.45, 7) is 35.7. The monoisotopic (exact) mass is 2010 g/mol. The van der Waals surface area contributed by atoms with Gasteiger partial charge in [0, 0.05) is 108 Å². The molecule has 0 heterocycles. The topological polar surface area (TPSA) is 794 Å². The maximum absolute atomic E-state index is 10.1. The first-order valence-electron chi connectivity index (χ1n) is 30.0. The SMILES string of the molecule is CC(C)(C)C(=O)[O-].CC(C)(C)C(=O)[O-].CC(C)(C)C(=O)[O-].CC(C)(C)C(=O)[O-].CC(C)(C)C(=O)[O-].CC(C)(C)C(=O)[O-].CCO.CCO.[Dy+3].[Dy+3].[Fe+3].[Fe+3].[Fe+3].[Fe+3].[N-]=[N+]=[N-].[N-]=[N+]=[N-].[N-]=[N+]=[N-].[N-]=[N+]=[N-].[O-]CCN(CC[O-])CCO.[O-]CCN(CC[O-])CCO.[O-]CCN(CC[O-])CCO.[O-]CCN(CC[O-])CCO. The smallest absolute Gasteiger partial charge is 0.854 e. The van der Waals surface area contributed by atoms with Crippen molar-refractivity contribution in [3.63, 3.8) is 0 Å². The first-order valence-corrected chi connectivity index (χ1v) is 30.0. The molecule has 0 unspecified atom stereocenters. The van der Waals surface area contributed by atoms with Crippen molar-refractivity contribution in [2.24, 2.45) is 32.5 Å². The van der Waals surface area contributed by atoms with Gasteiger partial charge in [0.25, 0.3) is 0 Å². The second-order valence-corrected chi connectivity index (χ2v) is 24.1. The van der Waals surface area contributed by atoms with Crippen LogP contribution in [0.1, 0.15) is 138 Å². The molecule has 0 aliphatic heterocycles. The van der Waals surface area contributed by atoms with Crippen LogP contribution in [-0.2, 0) is 97.0 Å². The molecule has 6 radical (unpaired) electrons. The Labute approximate surface area is 730 Å². The zero-order chi connectivity index (χ0) is 84.0. The van der Waals surface area contributed by atoms with Crippen molar-refractivity contribution in [3.05, 3.63) is 63.9 Å². The number of carbonyl (C=O) groups is 6. The fourth-order valence-corrected chi connectivity index (χ4v) is 2.94. The van der Waals surface area contributed by atoms with Gasteiger partial charge in [0.05, 0.1) is 26.4 Å². The number of carbonyl (C=O) groups excluding carboxylic acids is 6. The third-order valence-corrected chi connectivity index (χ3v) is 8.60. The molecule has 48 heteroatoms. The van der Waals surface area contributed by atoms with Gasteiger partial charge in [-0.2, -0.15) is 0 Å². The van der Waals surface area contributed by atoms with Crippen LogP contribution in [0.2, 0.25) is 0 Å². The molecule has 0 bridgehead atoms. The van der Waals surface area contributed by atoms with Crippen molar-refractivity contribution < 1.29 is 276 Å². The second-order valence-electron chi connectivity index (χ2n) is 24.1. The van der Waals surface area contributed by atoms with E-state index in [1.54, 1.807) is 158 Å². The van der Waals surface area contributed by atoms with E-state index in [-0.39, 0.29) is 237 Å². The Morgan fingerprint density at radius 2 is 0.311 bits per heavy atom. The Morgan fingerprint density at radius 3 is 0.340 bits per heavy atom. The molecule has 0 saturated carbocycles. The van der Waals surface area contributed by atoms with E-state index in [1.165, 1.54) is 19.6 Å². The van der Waals surface area contributed by atoms with Crippen LogP contribution in [0.4, 0.5) is 0 Å². The Balaban J connectivity index is -0.0000000359. The molecule has 0 saturated heterocycles. The van der Waals surface area contributed by atoms with Gasteiger partial charge < -0.3 is 195 Å². The molecule has 0 rings (SSSR count). The largest absolute Gasteiger partial charge is 3.00 e. The first-order chi connectivity index (χ1) is 45.5. The van der Waals surface area contributed by atoms with E-state index >= 15 is 0 Å². The molecule has 638 valence electrons. The molecule has 0 aromatic rings. The molecule has 0 aromatic carbocycles. The van der Waals surface area contributed by atoms with Crippen LogP contribution in [0, 0.1) is 109 Å². The van der Waals surface area contributed by atoms with Gasteiger partial charge in [0.15, 0.2) is 0 Å². The van der Waals surface area contributed by atoms with Crippen molar-refractivity contribution >= 4 is 35.8 Å². The Morgan fingerprint density at radius 1 is 0.255 bits per heavy atom. The number of carboxylic acids is 6.